The number of rotatable bonds is 4. The molecule has 1 aliphatic rings. The van der Waals surface area contributed by atoms with Crippen LogP contribution >= 0.6 is 0 Å². The number of halogens is 2. The van der Waals surface area contributed by atoms with E-state index in [4.69, 9.17) is 5.73 Å². The van der Waals surface area contributed by atoms with Crippen LogP contribution in [0.25, 0.3) is 0 Å². The molecule has 21 heavy (non-hydrogen) atoms. The third kappa shape index (κ3) is 3.69. The van der Waals surface area contributed by atoms with Crippen LogP contribution in [0.4, 0.5) is 14.5 Å². The zero-order valence-corrected chi connectivity index (χ0v) is 12.6. The van der Waals surface area contributed by atoms with E-state index in [1.54, 1.807) is 0 Å². The Kier molecular flexibility index (Phi) is 4.80. The summed E-state index contributed by atoms with van der Waals surface area (Å²) >= 11 is 0. The lowest BCUT2D eigenvalue weighted by atomic mass is 10.0. The first-order valence-electron chi connectivity index (χ1n) is 6.77. The van der Waals surface area contributed by atoms with Gasteiger partial charge in [0.15, 0.2) is 0 Å². The third-order valence-electron chi connectivity index (χ3n) is 3.64. The van der Waals surface area contributed by atoms with Crippen LogP contribution in [0, 0.1) is 24.5 Å². The van der Waals surface area contributed by atoms with Gasteiger partial charge in [0, 0.05) is 19.2 Å². The predicted octanol–water partition coefficient (Wildman–Crippen LogP) is 1.60. The third-order valence-corrected chi connectivity index (χ3v) is 5.13. The van der Waals surface area contributed by atoms with Crippen LogP contribution in [-0.4, -0.2) is 32.4 Å². The second-order valence-electron chi connectivity index (χ2n) is 5.29. The summed E-state index contributed by atoms with van der Waals surface area (Å²) in [7, 11) is -3.91. The van der Waals surface area contributed by atoms with Crippen molar-refractivity contribution in [2.24, 2.45) is 11.7 Å². The highest BCUT2D eigenvalue weighted by Crippen LogP contribution is 2.23. The summed E-state index contributed by atoms with van der Waals surface area (Å²) < 4.78 is 55.0. The molecule has 1 saturated heterocycles. The number of piperidine rings is 1. The number of nitrogens with zero attached hydrogens (tertiary/aromatic N) is 1. The summed E-state index contributed by atoms with van der Waals surface area (Å²) in [5.41, 5.74) is 5.31. The molecule has 118 valence electrons. The van der Waals surface area contributed by atoms with Crippen LogP contribution in [0.1, 0.15) is 18.4 Å². The number of hydrogen-bond acceptors (Lipinski definition) is 3. The van der Waals surface area contributed by atoms with E-state index in [2.05, 4.69) is 4.72 Å². The van der Waals surface area contributed by atoms with Crippen LogP contribution in [0.2, 0.25) is 0 Å². The van der Waals surface area contributed by atoms with Crippen molar-refractivity contribution in [3.63, 3.8) is 0 Å². The zero-order valence-electron chi connectivity index (χ0n) is 11.8. The standard InChI is InChI=1S/C13H19F2N3O2S/c1-9-5-12(15)13(6-11(9)14)17-21(19,20)18-4-2-3-10(7-16)8-18/h5-6,10,17H,2-4,7-8,16H2,1H3. The molecule has 0 bridgehead atoms. The van der Waals surface area contributed by atoms with Gasteiger partial charge in [-0.25, -0.2) is 8.78 Å². The normalized spacial score (nSPS) is 20.5. The summed E-state index contributed by atoms with van der Waals surface area (Å²) in [6.45, 7) is 2.45. The molecule has 0 saturated carbocycles. The summed E-state index contributed by atoms with van der Waals surface area (Å²) in [6, 6.07) is 1.82. The Labute approximate surface area is 123 Å². The molecule has 1 unspecified atom stereocenters. The van der Waals surface area contributed by atoms with E-state index in [0.717, 1.165) is 18.6 Å². The van der Waals surface area contributed by atoms with Gasteiger partial charge in [-0.2, -0.15) is 12.7 Å². The van der Waals surface area contributed by atoms with Gasteiger partial charge in [-0.05, 0) is 43.9 Å². The molecule has 5 nitrogen and oxygen atoms in total. The van der Waals surface area contributed by atoms with Gasteiger partial charge in [0.05, 0.1) is 5.69 Å². The van der Waals surface area contributed by atoms with E-state index in [-0.39, 0.29) is 17.2 Å². The van der Waals surface area contributed by atoms with Crippen LogP contribution in [0.5, 0.6) is 0 Å². The summed E-state index contributed by atoms with van der Waals surface area (Å²) in [6.07, 6.45) is 1.57. The Bertz CT molecular complexity index is 622. The molecule has 0 aromatic heterocycles. The SMILES string of the molecule is Cc1cc(F)c(NS(=O)(=O)N2CCCC(CN)C2)cc1F. The molecule has 3 N–H and O–H groups in total. The van der Waals surface area contributed by atoms with Crippen LogP contribution in [0.15, 0.2) is 12.1 Å². The summed E-state index contributed by atoms with van der Waals surface area (Å²) in [5.74, 6) is -1.37. The Balaban J connectivity index is 2.19. The monoisotopic (exact) mass is 319 g/mol. The molecular weight excluding hydrogens is 300 g/mol. The van der Waals surface area contributed by atoms with Crippen molar-refractivity contribution >= 4 is 15.9 Å². The Hall–Kier alpha value is -1.25. The largest absolute Gasteiger partial charge is 0.330 e. The molecule has 0 spiro atoms. The van der Waals surface area contributed by atoms with Crippen LogP contribution in [-0.2, 0) is 10.2 Å². The maximum atomic E-state index is 13.7. The van der Waals surface area contributed by atoms with Crippen molar-refractivity contribution in [3.05, 3.63) is 29.3 Å². The van der Waals surface area contributed by atoms with E-state index >= 15 is 0 Å². The Morgan fingerprint density at radius 3 is 2.76 bits per heavy atom. The Morgan fingerprint density at radius 2 is 2.10 bits per heavy atom. The number of nitrogens with two attached hydrogens (primary N) is 1. The second kappa shape index (κ2) is 6.25. The van der Waals surface area contributed by atoms with Gasteiger partial charge in [-0.1, -0.05) is 0 Å². The van der Waals surface area contributed by atoms with Crippen LogP contribution in [0.3, 0.4) is 0 Å². The van der Waals surface area contributed by atoms with Crippen LogP contribution < -0.4 is 10.5 Å². The van der Waals surface area contributed by atoms with Gasteiger partial charge in [0.1, 0.15) is 11.6 Å². The molecule has 0 aliphatic carbocycles. The average Bonchev–Trinajstić information content (AvgIpc) is 2.44. The maximum absolute atomic E-state index is 13.7. The maximum Gasteiger partial charge on any atom is 0.301 e. The van der Waals surface area contributed by atoms with Crippen molar-refractivity contribution in [3.8, 4) is 0 Å². The summed E-state index contributed by atoms with van der Waals surface area (Å²) in [5, 5.41) is 0. The van der Waals surface area contributed by atoms with Crippen molar-refractivity contribution in [2.45, 2.75) is 19.8 Å². The molecule has 0 amide bonds. The average molecular weight is 319 g/mol. The quantitative estimate of drug-likeness (QED) is 0.885. The van der Waals surface area contributed by atoms with Gasteiger partial charge in [-0.15, -0.1) is 0 Å². The molecule has 1 heterocycles. The Morgan fingerprint density at radius 1 is 1.38 bits per heavy atom. The lowest BCUT2D eigenvalue weighted by Crippen LogP contribution is -2.44. The molecule has 0 radical (unpaired) electrons. The molecule has 1 aromatic carbocycles. The van der Waals surface area contributed by atoms with Crippen molar-refractivity contribution < 1.29 is 17.2 Å². The predicted molar refractivity (Wildman–Crippen MR) is 77.0 cm³/mol. The lowest BCUT2D eigenvalue weighted by Gasteiger charge is -2.31. The molecule has 1 atom stereocenters. The van der Waals surface area contributed by atoms with E-state index in [9.17, 15) is 17.2 Å². The number of anilines is 1. The topological polar surface area (TPSA) is 75.4 Å². The van der Waals surface area contributed by atoms with E-state index in [1.165, 1.54) is 11.2 Å². The number of aryl methyl sites for hydroxylation is 1. The minimum Gasteiger partial charge on any atom is -0.330 e. The molecule has 1 fully saturated rings. The van der Waals surface area contributed by atoms with Crippen molar-refractivity contribution in [2.75, 3.05) is 24.4 Å². The fourth-order valence-electron chi connectivity index (χ4n) is 2.37. The first kappa shape index (κ1) is 16.1. The molecule has 8 heteroatoms. The van der Waals surface area contributed by atoms with Crippen molar-refractivity contribution in [1.82, 2.24) is 4.31 Å². The van der Waals surface area contributed by atoms with E-state index in [0.29, 0.717) is 26.1 Å². The fourth-order valence-corrected chi connectivity index (χ4v) is 3.71. The molecular formula is C13H19F2N3O2S. The fraction of sp³-hybridized carbons (Fsp3) is 0.538. The molecule has 1 aromatic rings. The number of nitrogens with one attached hydrogen (secondary N) is 1. The highest BCUT2D eigenvalue weighted by Gasteiger charge is 2.29. The van der Waals surface area contributed by atoms with Gasteiger partial charge in [0.25, 0.3) is 0 Å². The minimum absolute atomic E-state index is 0.0925. The highest BCUT2D eigenvalue weighted by atomic mass is 32.2. The van der Waals surface area contributed by atoms with E-state index in [1.807, 2.05) is 0 Å². The van der Waals surface area contributed by atoms with Gasteiger partial charge in [-0.3, -0.25) is 4.72 Å². The summed E-state index contributed by atoms with van der Waals surface area (Å²) in [4.78, 5) is 0. The molecule has 1 aliphatic heterocycles. The van der Waals surface area contributed by atoms with Gasteiger partial charge in [0.2, 0.25) is 0 Å². The van der Waals surface area contributed by atoms with Crippen molar-refractivity contribution in [1.29, 1.82) is 0 Å². The smallest absolute Gasteiger partial charge is 0.301 e. The second-order valence-corrected chi connectivity index (χ2v) is 6.96. The first-order chi connectivity index (χ1) is 9.83. The molecule has 2 rings (SSSR count). The van der Waals surface area contributed by atoms with Gasteiger partial charge >= 0.3 is 10.2 Å². The van der Waals surface area contributed by atoms with Gasteiger partial charge < -0.3 is 5.73 Å². The minimum atomic E-state index is -3.91. The lowest BCUT2D eigenvalue weighted by molar-refractivity contribution is 0.273. The highest BCUT2D eigenvalue weighted by molar-refractivity contribution is 7.90. The first-order valence-corrected chi connectivity index (χ1v) is 8.21. The number of benzene rings is 1. The van der Waals surface area contributed by atoms with E-state index < -0.39 is 21.8 Å². The number of hydrogen-bond donors (Lipinski definition) is 2. The zero-order chi connectivity index (χ0) is 15.6.